The van der Waals surface area contributed by atoms with Crippen LogP contribution in [0.15, 0.2) is 12.2 Å². The zero-order valence-electron chi connectivity index (χ0n) is 13.3. The molecule has 0 unspecified atom stereocenters. The van der Waals surface area contributed by atoms with Crippen LogP contribution in [-0.2, 0) is 4.74 Å². The number of likely N-dealkylation sites (tertiary alicyclic amines) is 1. The van der Waals surface area contributed by atoms with E-state index < -0.39 is 11.7 Å². The second kappa shape index (κ2) is 7.11. The van der Waals surface area contributed by atoms with Gasteiger partial charge in [0.15, 0.2) is 0 Å². The van der Waals surface area contributed by atoms with Gasteiger partial charge in [0, 0.05) is 12.6 Å². The molecule has 0 saturated carbocycles. The molecule has 1 fully saturated rings. The van der Waals surface area contributed by atoms with Gasteiger partial charge in [-0.05, 0) is 59.8 Å². The molecule has 2 atom stereocenters. The largest absolute Gasteiger partial charge is 0.444 e. The Morgan fingerprint density at radius 1 is 1.45 bits per heavy atom. The Kier molecular flexibility index (Phi) is 6.06. The summed E-state index contributed by atoms with van der Waals surface area (Å²) in [5.41, 5.74) is 0.493. The average Bonchev–Trinajstić information content (AvgIpc) is 2.25. The number of rotatable bonds is 4. The molecular weight excluding hydrogens is 254 g/mol. The number of carbonyl (C=O) groups is 1. The molecule has 1 amide bonds. The third-order valence-corrected chi connectivity index (χ3v) is 3.38. The Balaban J connectivity index is 2.62. The summed E-state index contributed by atoms with van der Waals surface area (Å²) in [6.07, 6.45) is 3.55. The fourth-order valence-corrected chi connectivity index (χ4v) is 2.61. The number of amides is 1. The van der Waals surface area contributed by atoms with E-state index in [1.165, 1.54) is 0 Å². The highest BCUT2D eigenvalue weighted by molar-refractivity contribution is 5.68. The smallest absolute Gasteiger partial charge is 0.410 e. The Labute approximate surface area is 122 Å². The van der Waals surface area contributed by atoms with Crippen LogP contribution in [0.4, 0.5) is 4.79 Å². The van der Waals surface area contributed by atoms with Gasteiger partial charge in [-0.25, -0.2) is 4.79 Å². The Hall–Kier alpha value is -1.03. The van der Waals surface area contributed by atoms with Crippen molar-refractivity contribution in [1.82, 2.24) is 4.90 Å². The van der Waals surface area contributed by atoms with E-state index in [0.717, 1.165) is 31.4 Å². The second-order valence-electron chi connectivity index (χ2n) is 6.87. The van der Waals surface area contributed by atoms with Crippen LogP contribution in [-0.4, -0.2) is 40.4 Å². The van der Waals surface area contributed by atoms with Crippen molar-refractivity contribution in [3.63, 3.8) is 0 Å². The van der Waals surface area contributed by atoms with Crippen molar-refractivity contribution in [2.45, 2.75) is 77.5 Å². The predicted molar refractivity (Wildman–Crippen MR) is 80.6 cm³/mol. The molecule has 1 heterocycles. The summed E-state index contributed by atoms with van der Waals surface area (Å²) in [5.74, 6) is 0. The minimum Gasteiger partial charge on any atom is -0.444 e. The van der Waals surface area contributed by atoms with E-state index in [-0.39, 0.29) is 12.1 Å². The van der Waals surface area contributed by atoms with Gasteiger partial charge in [0.05, 0.1) is 6.10 Å². The molecule has 0 aromatic heterocycles. The van der Waals surface area contributed by atoms with Gasteiger partial charge in [-0.1, -0.05) is 5.57 Å². The lowest BCUT2D eigenvalue weighted by atomic mass is 9.95. The fourth-order valence-electron chi connectivity index (χ4n) is 2.61. The van der Waals surface area contributed by atoms with Crippen molar-refractivity contribution in [2.75, 3.05) is 6.54 Å². The topological polar surface area (TPSA) is 49.8 Å². The van der Waals surface area contributed by atoms with Gasteiger partial charge in [0.25, 0.3) is 0 Å². The Morgan fingerprint density at radius 3 is 2.65 bits per heavy atom. The van der Waals surface area contributed by atoms with Crippen LogP contribution in [0.3, 0.4) is 0 Å². The molecule has 1 aliphatic heterocycles. The van der Waals surface area contributed by atoms with E-state index in [9.17, 15) is 9.90 Å². The summed E-state index contributed by atoms with van der Waals surface area (Å²) >= 11 is 0. The number of aliphatic hydroxyl groups is 1. The molecular formula is C16H29NO3. The van der Waals surface area contributed by atoms with E-state index >= 15 is 0 Å². The second-order valence-corrected chi connectivity index (χ2v) is 6.87. The molecule has 0 bridgehead atoms. The molecule has 0 radical (unpaired) electrons. The lowest BCUT2D eigenvalue weighted by molar-refractivity contribution is 0.00264. The number of aliphatic hydroxyl groups excluding tert-OH is 1. The molecule has 4 nitrogen and oxygen atoms in total. The molecule has 0 aromatic carbocycles. The number of carbonyl (C=O) groups excluding carboxylic acids is 1. The van der Waals surface area contributed by atoms with Crippen molar-refractivity contribution in [3.8, 4) is 0 Å². The van der Waals surface area contributed by atoms with Crippen LogP contribution < -0.4 is 0 Å². The lowest BCUT2D eigenvalue weighted by Crippen LogP contribution is -2.47. The van der Waals surface area contributed by atoms with Gasteiger partial charge in [-0.15, -0.1) is 6.58 Å². The van der Waals surface area contributed by atoms with Gasteiger partial charge in [0.1, 0.15) is 5.60 Å². The number of piperidine rings is 1. The average molecular weight is 283 g/mol. The molecule has 4 heteroatoms. The lowest BCUT2D eigenvalue weighted by Gasteiger charge is -2.37. The minimum atomic E-state index is -0.477. The predicted octanol–water partition coefficient (Wildman–Crippen LogP) is 3.49. The van der Waals surface area contributed by atoms with E-state index in [1.807, 2.05) is 27.7 Å². The first kappa shape index (κ1) is 17.0. The first-order valence-electron chi connectivity index (χ1n) is 7.51. The molecule has 1 rings (SSSR count). The standard InChI is InChI=1S/C16H29NO3/c1-12(2)10-14(18)11-13-8-6-7-9-17(13)15(19)20-16(3,4)5/h13-14,18H,1,6-11H2,2-5H3/t13-,14+/m0/s1. The normalized spacial score (nSPS) is 21.4. The van der Waals surface area contributed by atoms with Gasteiger partial charge in [0.2, 0.25) is 0 Å². The Bertz CT molecular complexity index is 346. The zero-order chi connectivity index (χ0) is 15.3. The van der Waals surface area contributed by atoms with Gasteiger partial charge in [-0.2, -0.15) is 0 Å². The van der Waals surface area contributed by atoms with E-state index in [1.54, 1.807) is 4.90 Å². The minimum absolute atomic E-state index is 0.0768. The molecule has 116 valence electrons. The quantitative estimate of drug-likeness (QED) is 0.803. The van der Waals surface area contributed by atoms with Crippen LogP contribution >= 0.6 is 0 Å². The first-order chi connectivity index (χ1) is 9.19. The van der Waals surface area contributed by atoms with Crippen LogP contribution in [0.1, 0.15) is 59.8 Å². The highest BCUT2D eigenvalue weighted by Crippen LogP contribution is 2.24. The zero-order valence-corrected chi connectivity index (χ0v) is 13.3. The number of hydrogen-bond donors (Lipinski definition) is 1. The molecule has 0 aliphatic carbocycles. The third kappa shape index (κ3) is 5.95. The maximum Gasteiger partial charge on any atom is 0.410 e. The van der Waals surface area contributed by atoms with Gasteiger partial charge >= 0.3 is 6.09 Å². The van der Waals surface area contributed by atoms with Crippen molar-refractivity contribution in [1.29, 1.82) is 0 Å². The summed E-state index contributed by atoms with van der Waals surface area (Å²) in [6, 6.07) is 0.0768. The van der Waals surface area contributed by atoms with E-state index in [0.29, 0.717) is 12.8 Å². The summed E-state index contributed by atoms with van der Waals surface area (Å²) < 4.78 is 5.46. The first-order valence-corrected chi connectivity index (χ1v) is 7.51. The summed E-state index contributed by atoms with van der Waals surface area (Å²) in [7, 11) is 0. The van der Waals surface area contributed by atoms with E-state index in [2.05, 4.69) is 6.58 Å². The maximum absolute atomic E-state index is 12.2. The molecule has 1 N–H and O–H groups in total. The monoisotopic (exact) mass is 283 g/mol. The molecule has 1 aliphatic rings. The molecule has 20 heavy (non-hydrogen) atoms. The van der Waals surface area contributed by atoms with Crippen LogP contribution in [0, 0.1) is 0 Å². The molecule has 0 aromatic rings. The van der Waals surface area contributed by atoms with Crippen molar-refractivity contribution < 1.29 is 14.6 Å². The van der Waals surface area contributed by atoms with Gasteiger partial charge < -0.3 is 14.7 Å². The summed E-state index contributed by atoms with van der Waals surface area (Å²) in [5, 5.41) is 10.1. The highest BCUT2D eigenvalue weighted by Gasteiger charge is 2.31. The van der Waals surface area contributed by atoms with Crippen LogP contribution in [0.25, 0.3) is 0 Å². The fraction of sp³-hybridized carbons (Fsp3) is 0.812. The number of nitrogens with zero attached hydrogens (tertiary/aromatic N) is 1. The maximum atomic E-state index is 12.2. The van der Waals surface area contributed by atoms with Crippen LogP contribution in [0.5, 0.6) is 0 Å². The number of ether oxygens (including phenoxy) is 1. The SMILES string of the molecule is C=C(C)C[C@@H](O)C[C@@H]1CCCCN1C(=O)OC(C)(C)C. The summed E-state index contributed by atoms with van der Waals surface area (Å²) in [6.45, 7) is 12.1. The highest BCUT2D eigenvalue weighted by atomic mass is 16.6. The van der Waals surface area contributed by atoms with E-state index in [4.69, 9.17) is 4.74 Å². The number of hydrogen-bond acceptors (Lipinski definition) is 3. The molecule has 0 spiro atoms. The molecule has 1 saturated heterocycles. The van der Waals surface area contributed by atoms with Crippen LogP contribution in [0.2, 0.25) is 0 Å². The summed E-state index contributed by atoms with van der Waals surface area (Å²) in [4.78, 5) is 14.0. The Morgan fingerprint density at radius 2 is 2.10 bits per heavy atom. The van der Waals surface area contributed by atoms with Gasteiger partial charge in [-0.3, -0.25) is 0 Å². The van der Waals surface area contributed by atoms with Crippen molar-refractivity contribution in [2.24, 2.45) is 0 Å². The van der Waals surface area contributed by atoms with Crippen molar-refractivity contribution >= 4 is 6.09 Å². The van der Waals surface area contributed by atoms with Crippen molar-refractivity contribution in [3.05, 3.63) is 12.2 Å². The third-order valence-electron chi connectivity index (χ3n) is 3.38.